The van der Waals surface area contributed by atoms with E-state index in [1.54, 1.807) is 0 Å². The molecule has 1 atom stereocenters. The molecule has 23 heavy (non-hydrogen) atoms. The number of hydrogen-bond donors (Lipinski definition) is 0. The van der Waals surface area contributed by atoms with Crippen molar-refractivity contribution in [1.82, 2.24) is 14.8 Å². The Balaban J connectivity index is 1.75. The smallest absolute Gasteiger partial charge is 0.218 e. The van der Waals surface area contributed by atoms with Crippen LogP contribution in [0.2, 0.25) is 0 Å². The summed E-state index contributed by atoms with van der Waals surface area (Å²) in [5, 5.41) is 4.06. The van der Waals surface area contributed by atoms with Crippen molar-refractivity contribution in [1.29, 1.82) is 0 Å². The van der Waals surface area contributed by atoms with Crippen LogP contribution < -0.4 is 0 Å². The Labute approximate surface area is 132 Å². The lowest BCUT2D eigenvalue weighted by Crippen LogP contribution is -2.37. The average molecular weight is 321 g/mol. The largest absolute Gasteiger partial charge is 0.341 e. The van der Waals surface area contributed by atoms with Crippen LogP contribution in [0.4, 0.5) is 8.78 Å². The van der Waals surface area contributed by atoms with Crippen molar-refractivity contribution in [2.75, 3.05) is 6.61 Å². The molecule has 122 valence electrons. The predicted molar refractivity (Wildman–Crippen MR) is 76.3 cm³/mol. The standard InChI is InChI=1S/C16H17F2N3O2/c17-12-3-4-13(14(18)7-12)16(8-21-11-19-10-20-21)22-9-15(23-16)5-1-2-6-15/h3-4,7,10-11H,1-2,5-6,8-9H2. The van der Waals surface area contributed by atoms with E-state index in [0.717, 1.165) is 31.7 Å². The van der Waals surface area contributed by atoms with Crippen LogP contribution in [0.3, 0.4) is 0 Å². The average Bonchev–Trinajstić information content (AvgIpc) is 3.24. The van der Waals surface area contributed by atoms with E-state index in [0.29, 0.717) is 6.61 Å². The molecule has 1 aromatic carbocycles. The summed E-state index contributed by atoms with van der Waals surface area (Å²) in [6.45, 7) is 0.565. The first-order valence-electron chi connectivity index (χ1n) is 7.73. The van der Waals surface area contributed by atoms with Gasteiger partial charge in [0, 0.05) is 11.6 Å². The Morgan fingerprint density at radius 2 is 2.04 bits per heavy atom. The molecule has 1 aliphatic carbocycles. The molecular formula is C16H17F2N3O2. The molecule has 1 aromatic heterocycles. The zero-order valence-corrected chi connectivity index (χ0v) is 12.5. The van der Waals surface area contributed by atoms with Crippen LogP contribution in [0.25, 0.3) is 0 Å². The van der Waals surface area contributed by atoms with Gasteiger partial charge in [-0.1, -0.05) is 12.8 Å². The van der Waals surface area contributed by atoms with Crippen LogP contribution in [0.15, 0.2) is 30.9 Å². The highest BCUT2D eigenvalue weighted by molar-refractivity contribution is 5.25. The van der Waals surface area contributed by atoms with Crippen LogP contribution in [0, 0.1) is 11.6 Å². The van der Waals surface area contributed by atoms with Gasteiger partial charge >= 0.3 is 0 Å². The van der Waals surface area contributed by atoms with Gasteiger partial charge < -0.3 is 9.47 Å². The summed E-state index contributed by atoms with van der Waals surface area (Å²) >= 11 is 0. The van der Waals surface area contributed by atoms with Gasteiger partial charge in [0.15, 0.2) is 0 Å². The first-order valence-corrected chi connectivity index (χ1v) is 7.73. The number of nitrogens with zero attached hydrogens (tertiary/aromatic N) is 3. The first-order chi connectivity index (χ1) is 11.1. The van der Waals surface area contributed by atoms with Gasteiger partial charge in [-0.2, -0.15) is 5.10 Å². The fraction of sp³-hybridized carbons (Fsp3) is 0.500. The van der Waals surface area contributed by atoms with Crippen molar-refractivity contribution in [2.45, 2.75) is 43.6 Å². The molecule has 2 aromatic rings. The van der Waals surface area contributed by atoms with E-state index >= 15 is 0 Å². The molecule has 4 rings (SSSR count). The summed E-state index contributed by atoms with van der Waals surface area (Å²) in [5.41, 5.74) is -0.195. The second-order valence-corrected chi connectivity index (χ2v) is 6.25. The maximum Gasteiger partial charge on any atom is 0.218 e. The fourth-order valence-electron chi connectivity index (χ4n) is 3.54. The van der Waals surface area contributed by atoms with E-state index in [1.165, 1.54) is 29.5 Å². The molecule has 1 unspecified atom stereocenters. The topological polar surface area (TPSA) is 49.2 Å². The summed E-state index contributed by atoms with van der Waals surface area (Å²) in [6, 6.07) is 3.45. The van der Waals surface area contributed by atoms with Gasteiger partial charge in [-0.15, -0.1) is 0 Å². The molecule has 0 N–H and O–H groups in total. The Morgan fingerprint density at radius 1 is 1.22 bits per heavy atom. The molecule has 0 radical (unpaired) electrons. The van der Waals surface area contributed by atoms with Gasteiger partial charge in [-0.3, -0.25) is 0 Å². The molecule has 5 nitrogen and oxygen atoms in total. The lowest BCUT2D eigenvalue weighted by atomic mass is 10.0. The van der Waals surface area contributed by atoms with Gasteiger partial charge in [0.1, 0.15) is 30.8 Å². The quantitative estimate of drug-likeness (QED) is 0.872. The fourth-order valence-corrected chi connectivity index (χ4v) is 3.54. The molecule has 1 aliphatic heterocycles. The van der Waals surface area contributed by atoms with Crippen LogP contribution in [-0.2, 0) is 21.8 Å². The third-order valence-electron chi connectivity index (χ3n) is 4.64. The zero-order chi connectivity index (χ0) is 15.9. The highest BCUT2D eigenvalue weighted by Gasteiger charge is 2.54. The summed E-state index contributed by atoms with van der Waals surface area (Å²) < 4.78 is 41.5. The SMILES string of the molecule is Fc1ccc(C2(Cn3cncn3)OCC3(CCCC3)O2)c(F)c1. The Kier molecular flexibility index (Phi) is 3.42. The Morgan fingerprint density at radius 3 is 2.74 bits per heavy atom. The first kappa shape index (κ1) is 14.7. The molecular weight excluding hydrogens is 304 g/mol. The molecule has 2 heterocycles. The van der Waals surface area contributed by atoms with E-state index in [2.05, 4.69) is 10.1 Å². The van der Waals surface area contributed by atoms with Gasteiger partial charge in [-0.25, -0.2) is 18.4 Å². The molecule has 0 bridgehead atoms. The number of aromatic nitrogens is 3. The predicted octanol–water partition coefficient (Wildman–Crippen LogP) is 2.77. The number of halogens is 2. The summed E-state index contributed by atoms with van der Waals surface area (Å²) in [7, 11) is 0. The van der Waals surface area contributed by atoms with E-state index in [9.17, 15) is 8.78 Å². The molecule has 7 heteroatoms. The number of rotatable bonds is 3. The maximum atomic E-state index is 14.4. The minimum absolute atomic E-state index is 0.164. The van der Waals surface area contributed by atoms with E-state index in [4.69, 9.17) is 9.47 Å². The van der Waals surface area contributed by atoms with Crippen molar-refractivity contribution < 1.29 is 18.3 Å². The molecule has 1 spiro atoms. The van der Waals surface area contributed by atoms with Gasteiger partial charge in [-0.05, 0) is 25.0 Å². The molecule has 0 amide bonds. The lowest BCUT2D eigenvalue weighted by Gasteiger charge is -2.31. The van der Waals surface area contributed by atoms with Crippen molar-refractivity contribution in [3.8, 4) is 0 Å². The second kappa shape index (κ2) is 5.35. The minimum atomic E-state index is -1.31. The number of hydrogen-bond acceptors (Lipinski definition) is 4. The minimum Gasteiger partial charge on any atom is -0.341 e. The molecule has 1 saturated heterocycles. The van der Waals surface area contributed by atoms with Crippen molar-refractivity contribution >= 4 is 0 Å². The van der Waals surface area contributed by atoms with E-state index in [1.807, 2.05) is 0 Å². The van der Waals surface area contributed by atoms with Crippen LogP contribution in [0.1, 0.15) is 31.2 Å². The van der Waals surface area contributed by atoms with E-state index in [-0.39, 0.29) is 17.7 Å². The third kappa shape index (κ3) is 2.53. The highest BCUT2D eigenvalue weighted by Crippen LogP contribution is 2.48. The van der Waals surface area contributed by atoms with Crippen LogP contribution in [0.5, 0.6) is 0 Å². The van der Waals surface area contributed by atoms with Crippen molar-refractivity contribution in [3.63, 3.8) is 0 Å². The molecule has 2 fully saturated rings. The second-order valence-electron chi connectivity index (χ2n) is 6.25. The van der Waals surface area contributed by atoms with Gasteiger partial charge in [0.05, 0.1) is 12.2 Å². The van der Waals surface area contributed by atoms with Crippen molar-refractivity contribution in [3.05, 3.63) is 48.1 Å². The van der Waals surface area contributed by atoms with E-state index < -0.39 is 17.4 Å². The molecule has 1 saturated carbocycles. The monoisotopic (exact) mass is 321 g/mol. The van der Waals surface area contributed by atoms with Crippen LogP contribution >= 0.6 is 0 Å². The lowest BCUT2D eigenvalue weighted by molar-refractivity contribution is -0.207. The zero-order valence-electron chi connectivity index (χ0n) is 12.5. The summed E-state index contributed by atoms with van der Waals surface area (Å²) in [4.78, 5) is 3.90. The Bertz CT molecular complexity index is 701. The van der Waals surface area contributed by atoms with Crippen molar-refractivity contribution in [2.24, 2.45) is 0 Å². The van der Waals surface area contributed by atoms with Gasteiger partial charge in [0.25, 0.3) is 0 Å². The summed E-state index contributed by atoms with van der Waals surface area (Å²) in [5.74, 6) is -2.62. The normalized spacial score (nSPS) is 26.2. The van der Waals surface area contributed by atoms with Crippen LogP contribution in [-0.4, -0.2) is 27.0 Å². The van der Waals surface area contributed by atoms with Gasteiger partial charge in [0.2, 0.25) is 5.79 Å². The maximum absolute atomic E-state index is 14.4. The number of ether oxygens (including phenoxy) is 2. The third-order valence-corrected chi connectivity index (χ3v) is 4.64. The summed E-state index contributed by atoms with van der Waals surface area (Å²) in [6.07, 6.45) is 6.82. The number of benzene rings is 1. The molecule has 2 aliphatic rings. The highest BCUT2D eigenvalue weighted by atomic mass is 19.1. The Hall–Kier alpha value is -1.86.